The molecule has 0 aliphatic heterocycles. The van der Waals surface area contributed by atoms with Crippen LogP contribution in [0.5, 0.6) is 0 Å². The zero-order chi connectivity index (χ0) is 16.2. The quantitative estimate of drug-likeness (QED) is 0.582. The van der Waals surface area contributed by atoms with Gasteiger partial charge in [0.25, 0.3) is 5.91 Å². The molecule has 0 saturated carbocycles. The fraction of sp³-hybridized carbons (Fsp3) is 0.529. The van der Waals surface area contributed by atoms with E-state index in [9.17, 15) is 9.59 Å². The molecule has 22 heavy (non-hydrogen) atoms. The van der Waals surface area contributed by atoms with Gasteiger partial charge in [-0.15, -0.1) is 0 Å². The van der Waals surface area contributed by atoms with Gasteiger partial charge in [0.1, 0.15) is 0 Å². The third-order valence-corrected chi connectivity index (χ3v) is 3.24. The molecule has 0 unspecified atom stereocenters. The minimum Gasteiger partial charge on any atom is -0.352 e. The van der Waals surface area contributed by atoms with Crippen molar-refractivity contribution in [3.8, 4) is 0 Å². The molecule has 0 radical (unpaired) electrons. The Morgan fingerprint density at radius 1 is 0.955 bits per heavy atom. The molecule has 1 rings (SSSR count). The summed E-state index contributed by atoms with van der Waals surface area (Å²) < 4.78 is 0. The van der Waals surface area contributed by atoms with Gasteiger partial charge in [0, 0.05) is 17.8 Å². The minimum atomic E-state index is -0.0763. The maximum atomic E-state index is 11.8. The maximum absolute atomic E-state index is 11.8. The number of unbranched alkanes of at least 4 members (excludes halogenated alkanes) is 2. The normalized spacial score (nSPS) is 10.3. The lowest BCUT2D eigenvalue weighted by Gasteiger charge is -2.08. The van der Waals surface area contributed by atoms with Gasteiger partial charge in [-0.2, -0.15) is 0 Å². The molecule has 0 aliphatic rings. The second-order valence-corrected chi connectivity index (χ2v) is 5.27. The van der Waals surface area contributed by atoms with Crippen LogP contribution in [0.2, 0.25) is 0 Å². The summed E-state index contributed by atoms with van der Waals surface area (Å²) >= 11 is 0. The lowest BCUT2D eigenvalue weighted by molar-refractivity contribution is -0.115. The van der Waals surface area contributed by atoms with Gasteiger partial charge < -0.3 is 16.0 Å². The van der Waals surface area contributed by atoms with Gasteiger partial charge in [-0.1, -0.05) is 26.7 Å². The second-order valence-electron chi connectivity index (χ2n) is 5.27. The van der Waals surface area contributed by atoms with Crippen molar-refractivity contribution in [2.24, 2.45) is 0 Å². The highest BCUT2D eigenvalue weighted by molar-refractivity contribution is 5.96. The van der Waals surface area contributed by atoms with Crippen molar-refractivity contribution in [3.63, 3.8) is 0 Å². The Morgan fingerprint density at radius 3 is 2.23 bits per heavy atom. The maximum Gasteiger partial charge on any atom is 0.251 e. The van der Waals surface area contributed by atoms with Crippen LogP contribution in [0.3, 0.4) is 0 Å². The molecule has 0 atom stereocenters. The van der Waals surface area contributed by atoms with E-state index in [4.69, 9.17) is 0 Å². The smallest absolute Gasteiger partial charge is 0.251 e. The Balaban J connectivity index is 2.37. The molecule has 0 saturated heterocycles. The number of nitrogens with one attached hydrogen (secondary N) is 3. The van der Waals surface area contributed by atoms with Crippen molar-refractivity contribution in [2.75, 3.05) is 25.0 Å². The van der Waals surface area contributed by atoms with Crippen LogP contribution in [0, 0.1) is 0 Å². The summed E-state index contributed by atoms with van der Waals surface area (Å²) in [5.74, 6) is -0.149. The predicted octanol–water partition coefficient (Wildman–Crippen LogP) is 2.54. The highest BCUT2D eigenvalue weighted by Crippen LogP contribution is 2.09. The molecule has 0 bridgehead atoms. The Kier molecular flexibility index (Phi) is 8.91. The first kappa shape index (κ1) is 18.2. The van der Waals surface area contributed by atoms with Gasteiger partial charge in [0.2, 0.25) is 5.91 Å². The van der Waals surface area contributed by atoms with Crippen molar-refractivity contribution in [3.05, 3.63) is 29.8 Å². The molecule has 1 aromatic rings. The van der Waals surface area contributed by atoms with E-state index < -0.39 is 0 Å². The largest absolute Gasteiger partial charge is 0.352 e. The average Bonchev–Trinajstić information content (AvgIpc) is 2.52. The van der Waals surface area contributed by atoms with Gasteiger partial charge in [-0.05, 0) is 43.7 Å². The summed E-state index contributed by atoms with van der Waals surface area (Å²) in [6.07, 6.45) is 4.20. The molecule has 0 heterocycles. The van der Waals surface area contributed by atoms with Crippen molar-refractivity contribution in [2.45, 2.75) is 39.5 Å². The standard InChI is InChI=1S/C17H27N3O2/c1-3-5-11-18-13-16(21)20-15-9-7-14(8-10-15)17(22)19-12-6-4-2/h7-10,18H,3-6,11-13H2,1-2H3,(H,19,22)(H,20,21). The molecule has 122 valence electrons. The van der Waals surface area contributed by atoms with E-state index in [-0.39, 0.29) is 11.8 Å². The molecule has 3 N–H and O–H groups in total. The fourth-order valence-electron chi connectivity index (χ4n) is 1.89. The van der Waals surface area contributed by atoms with E-state index in [1.54, 1.807) is 24.3 Å². The summed E-state index contributed by atoms with van der Waals surface area (Å²) in [6, 6.07) is 6.94. The number of rotatable bonds is 10. The fourth-order valence-corrected chi connectivity index (χ4v) is 1.89. The number of amides is 2. The summed E-state index contributed by atoms with van der Waals surface area (Å²) in [5, 5.41) is 8.76. The summed E-state index contributed by atoms with van der Waals surface area (Å²) in [5.41, 5.74) is 1.31. The van der Waals surface area contributed by atoms with E-state index in [1.807, 2.05) is 0 Å². The second kappa shape index (κ2) is 10.8. The van der Waals surface area contributed by atoms with Crippen molar-refractivity contribution >= 4 is 17.5 Å². The van der Waals surface area contributed by atoms with Gasteiger partial charge in [0.15, 0.2) is 0 Å². The molecular weight excluding hydrogens is 278 g/mol. The first-order valence-electron chi connectivity index (χ1n) is 8.06. The average molecular weight is 305 g/mol. The van der Waals surface area contributed by atoms with Crippen LogP contribution >= 0.6 is 0 Å². The van der Waals surface area contributed by atoms with Crippen LogP contribution in [-0.2, 0) is 4.79 Å². The third-order valence-electron chi connectivity index (χ3n) is 3.24. The minimum absolute atomic E-state index is 0.0729. The van der Waals surface area contributed by atoms with E-state index in [2.05, 4.69) is 29.8 Å². The van der Waals surface area contributed by atoms with E-state index >= 15 is 0 Å². The first-order valence-corrected chi connectivity index (χ1v) is 8.06. The number of carbonyl (C=O) groups is 2. The number of hydrogen-bond acceptors (Lipinski definition) is 3. The summed E-state index contributed by atoms with van der Waals surface area (Å²) in [6.45, 7) is 6.04. The third kappa shape index (κ3) is 7.22. The first-order chi connectivity index (χ1) is 10.7. The Labute approximate surface area is 132 Å². The molecule has 0 spiro atoms. The monoisotopic (exact) mass is 305 g/mol. The molecule has 5 heteroatoms. The number of carbonyl (C=O) groups excluding carboxylic acids is 2. The van der Waals surface area contributed by atoms with Crippen LogP contribution in [0.25, 0.3) is 0 Å². The molecule has 1 aromatic carbocycles. The van der Waals surface area contributed by atoms with Crippen molar-refractivity contribution in [1.29, 1.82) is 0 Å². The van der Waals surface area contributed by atoms with Crippen LogP contribution in [0.1, 0.15) is 49.9 Å². The molecule has 0 aliphatic carbocycles. The molecule has 5 nitrogen and oxygen atoms in total. The van der Waals surface area contributed by atoms with Crippen LogP contribution < -0.4 is 16.0 Å². The lowest BCUT2D eigenvalue weighted by atomic mass is 10.2. The van der Waals surface area contributed by atoms with Crippen LogP contribution in [0.15, 0.2) is 24.3 Å². The zero-order valence-electron chi connectivity index (χ0n) is 13.6. The SMILES string of the molecule is CCCCNCC(=O)Nc1ccc(C(=O)NCCCC)cc1. The van der Waals surface area contributed by atoms with E-state index in [0.717, 1.165) is 32.2 Å². The Morgan fingerprint density at radius 2 is 1.59 bits per heavy atom. The molecule has 0 aromatic heterocycles. The van der Waals surface area contributed by atoms with Crippen molar-refractivity contribution < 1.29 is 9.59 Å². The predicted molar refractivity (Wildman–Crippen MR) is 90.1 cm³/mol. The number of benzene rings is 1. The summed E-state index contributed by atoms with van der Waals surface area (Å²) in [4.78, 5) is 23.6. The lowest BCUT2D eigenvalue weighted by Crippen LogP contribution is -2.28. The van der Waals surface area contributed by atoms with E-state index in [1.165, 1.54) is 0 Å². The Bertz CT molecular complexity index is 457. The van der Waals surface area contributed by atoms with Crippen LogP contribution in [-0.4, -0.2) is 31.4 Å². The van der Waals surface area contributed by atoms with Gasteiger partial charge in [0.05, 0.1) is 6.54 Å². The van der Waals surface area contributed by atoms with Gasteiger partial charge >= 0.3 is 0 Å². The number of anilines is 1. The van der Waals surface area contributed by atoms with Crippen LogP contribution in [0.4, 0.5) is 5.69 Å². The van der Waals surface area contributed by atoms with Gasteiger partial charge in [-0.25, -0.2) is 0 Å². The molecule has 2 amide bonds. The Hall–Kier alpha value is -1.88. The topological polar surface area (TPSA) is 70.2 Å². The molecular formula is C17H27N3O2. The number of hydrogen-bond donors (Lipinski definition) is 3. The summed E-state index contributed by atoms with van der Waals surface area (Å²) in [7, 11) is 0. The zero-order valence-corrected chi connectivity index (χ0v) is 13.6. The highest BCUT2D eigenvalue weighted by atomic mass is 16.2. The van der Waals surface area contributed by atoms with Crippen molar-refractivity contribution in [1.82, 2.24) is 10.6 Å². The van der Waals surface area contributed by atoms with E-state index in [0.29, 0.717) is 24.3 Å². The highest BCUT2D eigenvalue weighted by Gasteiger charge is 2.06. The molecule has 0 fully saturated rings. The van der Waals surface area contributed by atoms with Gasteiger partial charge in [-0.3, -0.25) is 9.59 Å².